The van der Waals surface area contributed by atoms with E-state index in [1.165, 1.54) is 6.42 Å². The number of aromatic nitrogens is 2. The van der Waals surface area contributed by atoms with Crippen LogP contribution in [0.2, 0.25) is 0 Å². The topological polar surface area (TPSA) is 58.3 Å². The van der Waals surface area contributed by atoms with E-state index in [0.717, 1.165) is 35.3 Å². The summed E-state index contributed by atoms with van der Waals surface area (Å²) < 4.78 is 2.28. The van der Waals surface area contributed by atoms with Crippen LogP contribution in [-0.4, -0.2) is 19.8 Å². The van der Waals surface area contributed by atoms with Crippen LogP contribution >= 0.6 is 0 Å². The molecule has 0 radical (unpaired) electrons. The van der Waals surface area contributed by atoms with Gasteiger partial charge in [0.05, 0.1) is 11.0 Å². The summed E-state index contributed by atoms with van der Waals surface area (Å²) in [7, 11) is 0. The monoisotopic (exact) mass is 294 g/mol. The molecule has 2 aromatic carbocycles. The van der Waals surface area contributed by atoms with Crippen molar-refractivity contribution in [2.45, 2.75) is 32.2 Å². The van der Waals surface area contributed by atoms with Gasteiger partial charge >= 0.3 is 0 Å². The third kappa shape index (κ3) is 1.87. The van der Waals surface area contributed by atoms with Crippen molar-refractivity contribution in [1.29, 1.82) is 0 Å². The van der Waals surface area contributed by atoms with Gasteiger partial charge in [-0.25, -0.2) is 4.98 Å². The minimum Gasteiger partial charge on any atom is -0.504 e. The lowest BCUT2D eigenvalue weighted by Crippen LogP contribution is -2.17. The molecule has 4 nitrogen and oxygen atoms in total. The molecule has 3 aromatic rings. The number of phenols is 2. The molecular formula is C18H18N2O2. The second-order valence-corrected chi connectivity index (χ2v) is 6.04. The fourth-order valence-electron chi connectivity index (χ4n) is 3.15. The number of imidazole rings is 1. The first-order valence-corrected chi connectivity index (χ1v) is 7.65. The summed E-state index contributed by atoms with van der Waals surface area (Å²) >= 11 is 0. The molecule has 0 saturated heterocycles. The van der Waals surface area contributed by atoms with Gasteiger partial charge in [-0.15, -0.1) is 0 Å². The molecule has 1 saturated carbocycles. The third-order valence-electron chi connectivity index (χ3n) is 4.57. The molecule has 1 heterocycles. The van der Waals surface area contributed by atoms with Crippen LogP contribution in [0.15, 0.2) is 36.4 Å². The van der Waals surface area contributed by atoms with E-state index < -0.39 is 0 Å². The van der Waals surface area contributed by atoms with Crippen molar-refractivity contribution >= 4 is 11.0 Å². The van der Waals surface area contributed by atoms with Crippen LogP contribution in [0, 0.1) is 6.92 Å². The van der Waals surface area contributed by atoms with E-state index in [1.54, 1.807) is 13.0 Å². The summed E-state index contributed by atoms with van der Waals surface area (Å²) in [6, 6.07) is 12.1. The third-order valence-corrected chi connectivity index (χ3v) is 4.57. The van der Waals surface area contributed by atoms with E-state index in [2.05, 4.69) is 10.6 Å². The molecule has 0 amide bonds. The Morgan fingerprint density at radius 2 is 1.91 bits per heavy atom. The molecule has 0 aliphatic heterocycles. The summed E-state index contributed by atoms with van der Waals surface area (Å²) in [6.45, 7) is 1.79. The maximum absolute atomic E-state index is 9.93. The van der Waals surface area contributed by atoms with Gasteiger partial charge in [0.2, 0.25) is 0 Å². The van der Waals surface area contributed by atoms with Crippen molar-refractivity contribution in [1.82, 2.24) is 9.55 Å². The van der Waals surface area contributed by atoms with Crippen LogP contribution in [0.1, 0.15) is 30.9 Å². The zero-order valence-electron chi connectivity index (χ0n) is 12.5. The Balaban J connectivity index is 1.98. The van der Waals surface area contributed by atoms with E-state index in [4.69, 9.17) is 4.98 Å². The van der Waals surface area contributed by atoms with Crippen molar-refractivity contribution < 1.29 is 10.2 Å². The minimum atomic E-state index is -0.0952. The van der Waals surface area contributed by atoms with Crippen LogP contribution in [0.3, 0.4) is 0 Å². The van der Waals surface area contributed by atoms with E-state index in [1.807, 2.05) is 24.3 Å². The van der Waals surface area contributed by atoms with Crippen LogP contribution in [-0.2, 0) is 0 Å². The quantitative estimate of drug-likeness (QED) is 0.698. The second-order valence-electron chi connectivity index (χ2n) is 6.04. The smallest absolute Gasteiger partial charge is 0.160 e. The van der Waals surface area contributed by atoms with Crippen molar-refractivity contribution in [2.75, 3.05) is 0 Å². The van der Waals surface area contributed by atoms with Crippen LogP contribution < -0.4 is 0 Å². The Hall–Kier alpha value is -2.49. The Morgan fingerprint density at radius 3 is 2.59 bits per heavy atom. The van der Waals surface area contributed by atoms with Gasteiger partial charge in [-0.1, -0.05) is 12.1 Å². The van der Waals surface area contributed by atoms with Crippen LogP contribution in [0.5, 0.6) is 11.5 Å². The highest BCUT2D eigenvalue weighted by Gasteiger charge is 2.25. The minimum absolute atomic E-state index is 0.0601. The van der Waals surface area contributed by atoms with Crippen molar-refractivity contribution in [3.8, 4) is 22.9 Å². The Bertz CT molecular complexity index is 840. The van der Waals surface area contributed by atoms with Crippen molar-refractivity contribution in [3.05, 3.63) is 42.0 Å². The van der Waals surface area contributed by atoms with Crippen molar-refractivity contribution in [2.24, 2.45) is 0 Å². The summed E-state index contributed by atoms with van der Waals surface area (Å²) in [5.74, 6) is 0.710. The number of phenolic OH excluding ortho intramolecular Hbond substituents is 2. The number of hydrogen-bond acceptors (Lipinski definition) is 3. The highest BCUT2D eigenvalue weighted by atomic mass is 16.3. The fraction of sp³-hybridized carbons (Fsp3) is 0.278. The molecule has 4 rings (SSSR count). The highest BCUT2D eigenvalue weighted by Crippen LogP contribution is 2.40. The molecule has 4 heteroatoms. The lowest BCUT2D eigenvalue weighted by atomic mass is 9.92. The van der Waals surface area contributed by atoms with Gasteiger partial charge in [-0.05, 0) is 56.0 Å². The summed E-state index contributed by atoms with van der Waals surface area (Å²) in [4.78, 5) is 4.77. The van der Waals surface area contributed by atoms with E-state index in [0.29, 0.717) is 11.6 Å². The van der Waals surface area contributed by atoms with Gasteiger partial charge in [0.25, 0.3) is 0 Å². The number of nitrogens with zero attached hydrogens (tertiary/aromatic N) is 2. The first-order chi connectivity index (χ1) is 10.6. The molecule has 1 aliphatic carbocycles. The van der Waals surface area contributed by atoms with E-state index in [-0.39, 0.29) is 11.5 Å². The first kappa shape index (κ1) is 13.2. The number of aromatic hydroxyl groups is 2. The molecule has 2 N–H and O–H groups in total. The Kier molecular flexibility index (Phi) is 2.86. The predicted molar refractivity (Wildman–Crippen MR) is 86.1 cm³/mol. The number of rotatable bonds is 2. The number of fused-ring (bicyclic) bond motifs is 1. The van der Waals surface area contributed by atoms with E-state index in [9.17, 15) is 10.2 Å². The Morgan fingerprint density at radius 1 is 1.14 bits per heavy atom. The highest BCUT2D eigenvalue weighted by molar-refractivity contribution is 5.81. The van der Waals surface area contributed by atoms with Crippen molar-refractivity contribution in [3.63, 3.8) is 0 Å². The zero-order valence-corrected chi connectivity index (χ0v) is 12.5. The van der Waals surface area contributed by atoms with Gasteiger partial charge in [-0.3, -0.25) is 0 Å². The lowest BCUT2D eigenvalue weighted by Gasteiger charge is -2.29. The fourth-order valence-corrected chi connectivity index (χ4v) is 3.15. The van der Waals surface area contributed by atoms with Gasteiger partial charge < -0.3 is 14.8 Å². The molecule has 1 aromatic heterocycles. The van der Waals surface area contributed by atoms with Gasteiger partial charge in [0.15, 0.2) is 11.5 Å². The number of para-hydroxylation sites is 2. The molecular weight excluding hydrogens is 276 g/mol. The average Bonchev–Trinajstić information content (AvgIpc) is 2.82. The molecule has 0 atom stereocenters. The SMILES string of the molecule is Cc1cc(-c2nc3ccccc3n2C2CCC2)cc(O)c1O. The predicted octanol–water partition coefficient (Wildman–Crippen LogP) is 4.15. The lowest BCUT2D eigenvalue weighted by molar-refractivity contribution is 0.323. The maximum atomic E-state index is 9.93. The normalized spacial score (nSPS) is 15.1. The van der Waals surface area contributed by atoms with Crippen LogP contribution in [0.4, 0.5) is 0 Å². The average molecular weight is 294 g/mol. The van der Waals surface area contributed by atoms with Crippen LogP contribution in [0.25, 0.3) is 22.4 Å². The van der Waals surface area contributed by atoms with Gasteiger partial charge in [-0.2, -0.15) is 0 Å². The number of benzene rings is 2. The van der Waals surface area contributed by atoms with E-state index >= 15 is 0 Å². The summed E-state index contributed by atoms with van der Waals surface area (Å²) in [6.07, 6.45) is 3.57. The van der Waals surface area contributed by atoms with Gasteiger partial charge in [0, 0.05) is 11.6 Å². The van der Waals surface area contributed by atoms with Gasteiger partial charge in [0.1, 0.15) is 5.82 Å². The molecule has 112 valence electrons. The number of hydrogen-bond donors (Lipinski definition) is 2. The maximum Gasteiger partial charge on any atom is 0.160 e. The molecule has 1 fully saturated rings. The first-order valence-electron chi connectivity index (χ1n) is 7.65. The molecule has 0 unspecified atom stereocenters. The largest absolute Gasteiger partial charge is 0.504 e. The summed E-state index contributed by atoms with van der Waals surface area (Å²) in [5, 5.41) is 19.7. The summed E-state index contributed by atoms with van der Waals surface area (Å²) in [5.41, 5.74) is 3.60. The molecule has 1 aliphatic rings. The molecule has 0 spiro atoms. The molecule has 22 heavy (non-hydrogen) atoms. The second kappa shape index (κ2) is 4.77. The number of aryl methyl sites for hydroxylation is 1. The zero-order chi connectivity index (χ0) is 15.3. The molecule has 0 bridgehead atoms. The Labute approximate surface area is 128 Å². The standard InChI is InChI=1S/C18H18N2O2/c1-11-9-12(10-16(21)17(11)22)18-19-14-7-2-3-8-15(14)20(18)13-5-4-6-13/h2-3,7-10,13,21-22H,4-6H2,1H3.